The number of hydrogen-bond donors (Lipinski definition) is 2. The molecule has 2 aromatic rings. The van der Waals surface area contributed by atoms with Gasteiger partial charge in [0.05, 0.1) is 5.75 Å². The molecule has 21 heavy (non-hydrogen) atoms. The van der Waals surface area contributed by atoms with Crippen LogP contribution in [0.15, 0.2) is 33.1 Å². The van der Waals surface area contributed by atoms with Crippen molar-refractivity contribution >= 4 is 55.8 Å². The number of anilines is 2. The summed E-state index contributed by atoms with van der Waals surface area (Å²) in [6.07, 6.45) is 2.41. The number of halogens is 1. The number of rotatable bonds is 6. The number of amides is 1. The van der Waals surface area contributed by atoms with Gasteiger partial charge in [0.15, 0.2) is 4.34 Å². The van der Waals surface area contributed by atoms with E-state index >= 15 is 0 Å². The zero-order valence-electron chi connectivity index (χ0n) is 11.0. The summed E-state index contributed by atoms with van der Waals surface area (Å²) < 4.78 is 1.75. The maximum atomic E-state index is 11.9. The zero-order chi connectivity index (χ0) is 14.7. The van der Waals surface area contributed by atoms with Gasteiger partial charge in [-0.15, -0.1) is 10.2 Å². The van der Waals surface area contributed by atoms with E-state index in [9.17, 15) is 4.79 Å². The standard InChI is InChI=1S/C13H13BrN4OS2/c14-8-2-1-3-10(6-8)15-11(19)7-20-13-18-17-12(21-13)16-9-4-5-9/h1-3,6,9H,4-5,7H2,(H,15,19)(H,16,17). The van der Waals surface area contributed by atoms with Crippen LogP contribution in [0.2, 0.25) is 0 Å². The molecule has 2 N–H and O–H groups in total. The molecule has 0 radical (unpaired) electrons. The van der Waals surface area contributed by atoms with Crippen LogP contribution >= 0.6 is 39.0 Å². The first kappa shape index (κ1) is 14.8. The first-order valence-corrected chi connectivity index (χ1v) is 9.07. The van der Waals surface area contributed by atoms with Gasteiger partial charge in [-0.3, -0.25) is 4.79 Å². The van der Waals surface area contributed by atoms with Gasteiger partial charge in [-0.25, -0.2) is 0 Å². The lowest BCUT2D eigenvalue weighted by molar-refractivity contribution is -0.113. The number of thioether (sulfide) groups is 1. The summed E-state index contributed by atoms with van der Waals surface area (Å²) in [5.41, 5.74) is 0.781. The Kier molecular flexibility index (Phi) is 4.77. The second-order valence-electron chi connectivity index (χ2n) is 4.64. The van der Waals surface area contributed by atoms with E-state index in [4.69, 9.17) is 0 Å². The maximum absolute atomic E-state index is 11.9. The molecule has 1 aliphatic carbocycles. The van der Waals surface area contributed by atoms with Crippen LogP contribution in [-0.2, 0) is 4.79 Å². The highest BCUT2D eigenvalue weighted by Gasteiger charge is 2.22. The number of carbonyl (C=O) groups excluding carboxylic acids is 1. The molecule has 5 nitrogen and oxygen atoms in total. The van der Waals surface area contributed by atoms with Crippen LogP contribution in [0.1, 0.15) is 12.8 Å². The molecule has 0 aliphatic heterocycles. The summed E-state index contributed by atoms with van der Waals surface area (Å²) in [5.74, 6) is 0.273. The second-order valence-corrected chi connectivity index (χ2v) is 7.75. The predicted octanol–water partition coefficient (Wildman–Crippen LogP) is 3.61. The minimum atomic E-state index is -0.0509. The molecular formula is C13H13BrN4OS2. The monoisotopic (exact) mass is 384 g/mol. The van der Waals surface area contributed by atoms with Crippen molar-refractivity contribution in [3.05, 3.63) is 28.7 Å². The number of carbonyl (C=O) groups is 1. The largest absolute Gasteiger partial charge is 0.357 e. The van der Waals surface area contributed by atoms with E-state index in [1.165, 1.54) is 35.9 Å². The highest BCUT2D eigenvalue weighted by atomic mass is 79.9. The molecule has 1 saturated carbocycles. The third-order valence-electron chi connectivity index (χ3n) is 2.75. The van der Waals surface area contributed by atoms with Gasteiger partial charge in [-0.1, -0.05) is 45.1 Å². The van der Waals surface area contributed by atoms with E-state index in [0.717, 1.165) is 19.6 Å². The van der Waals surface area contributed by atoms with Gasteiger partial charge in [-0.2, -0.15) is 0 Å². The van der Waals surface area contributed by atoms with E-state index in [1.807, 2.05) is 24.3 Å². The fourth-order valence-electron chi connectivity index (χ4n) is 1.62. The smallest absolute Gasteiger partial charge is 0.234 e. The van der Waals surface area contributed by atoms with Crippen molar-refractivity contribution in [3.63, 3.8) is 0 Å². The van der Waals surface area contributed by atoms with E-state index in [0.29, 0.717) is 11.8 Å². The fourth-order valence-corrected chi connectivity index (χ4v) is 3.65. The van der Waals surface area contributed by atoms with Crippen molar-refractivity contribution in [1.82, 2.24) is 10.2 Å². The summed E-state index contributed by atoms with van der Waals surface area (Å²) >= 11 is 6.27. The Bertz CT molecular complexity index is 645. The molecule has 1 heterocycles. The molecule has 0 bridgehead atoms. The second kappa shape index (κ2) is 6.76. The Labute approximate surface area is 139 Å². The summed E-state index contributed by atoms with van der Waals surface area (Å²) in [7, 11) is 0. The van der Waals surface area contributed by atoms with Gasteiger partial charge in [0, 0.05) is 16.2 Å². The Morgan fingerprint density at radius 3 is 3.05 bits per heavy atom. The van der Waals surface area contributed by atoms with Gasteiger partial charge in [0.25, 0.3) is 0 Å². The lowest BCUT2D eigenvalue weighted by Gasteiger charge is -2.04. The molecule has 8 heteroatoms. The van der Waals surface area contributed by atoms with Crippen LogP contribution in [0.4, 0.5) is 10.8 Å². The average molecular weight is 385 g/mol. The number of benzene rings is 1. The first-order valence-electron chi connectivity index (χ1n) is 6.47. The first-order chi connectivity index (χ1) is 10.2. The van der Waals surface area contributed by atoms with Gasteiger partial charge in [-0.05, 0) is 31.0 Å². The van der Waals surface area contributed by atoms with Crippen LogP contribution in [-0.4, -0.2) is 27.9 Å². The molecule has 110 valence electrons. The number of hydrogen-bond acceptors (Lipinski definition) is 6. The van der Waals surface area contributed by atoms with Crippen LogP contribution in [0.5, 0.6) is 0 Å². The van der Waals surface area contributed by atoms with Crippen molar-refractivity contribution in [2.24, 2.45) is 0 Å². The SMILES string of the molecule is O=C(CSc1nnc(NC2CC2)s1)Nc1cccc(Br)c1. The van der Waals surface area contributed by atoms with Crippen molar-refractivity contribution in [1.29, 1.82) is 0 Å². The van der Waals surface area contributed by atoms with Crippen LogP contribution in [0.25, 0.3) is 0 Å². The average Bonchev–Trinajstić information content (AvgIpc) is 3.14. The van der Waals surface area contributed by atoms with Gasteiger partial charge in [0.2, 0.25) is 11.0 Å². The molecule has 3 rings (SSSR count). The summed E-state index contributed by atoms with van der Waals surface area (Å²) in [5, 5.41) is 15.1. The predicted molar refractivity (Wildman–Crippen MR) is 90.0 cm³/mol. The van der Waals surface area contributed by atoms with Crippen molar-refractivity contribution in [3.8, 4) is 0 Å². The minimum absolute atomic E-state index is 0.0509. The molecule has 0 unspecified atom stereocenters. The fraction of sp³-hybridized carbons (Fsp3) is 0.308. The third-order valence-corrected chi connectivity index (χ3v) is 5.23. The Hall–Kier alpha value is -1.12. The molecule has 0 saturated heterocycles. The number of nitrogens with one attached hydrogen (secondary N) is 2. The molecule has 0 spiro atoms. The highest BCUT2D eigenvalue weighted by Crippen LogP contribution is 2.30. The topological polar surface area (TPSA) is 66.9 Å². The minimum Gasteiger partial charge on any atom is -0.357 e. The summed E-state index contributed by atoms with van der Waals surface area (Å²) in [4.78, 5) is 11.9. The van der Waals surface area contributed by atoms with Crippen LogP contribution in [0, 0.1) is 0 Å². The lowest BCUT2D eigenvalue weighted by Crippen LogP contribution is -2.13. The van der Waals surface area contributed by atoms with E-state index in [-0.39, 0.29) is 5.91 Å². The maximum Gasteiger partial charge on any atom is 0.234 e. The Balaban J connectivity index is 1.47. The quantitative estimate of drug-likeness (QED) is 0.744. The molecular weight excluding hydrogens is 372 g/mol. The molecule has 1 amide bonds. The number of nitrogens with zero attached hydrogens (tertiary/aromatic N) is 2. The molecule has 1 aromatic heterocycles. The molecule has 1 aliphatic rings. The molecule has 1 aromatic carbocycles. The van der Waals surface area contributed by atoms with Crippen molar-refractivity contribution < 1.29 is 4.79 Å². The molecule has 0 atom stereocenters. The van der Waals surface area contributed by atoms with E-state index in [2.05, 4.69) is 36.8 Å². The van der Waals surface area contributed by atoms with Gasteiger partial charge in [0.1, 0.15) is 0 Å². The van der Waals surface area contributed by atoms with E-state index in [1.54, 1.807) is 0 Å². The number of aromatic nitrogens is 2. The highest BCUT2D eigenvalue weighted by molar-refractivity contribution is 9.10. The van der Waals surface area contributed by atoms with Crippen LogP contribution in [0.3, 0.4) is 0 Å². The zero-order valence-corrected chi connectivity index (χ0v) is 14.2. The lowest BCUT2D eigenvalue weighted by atomic mass is 10.3. The Morgan fingerprint density at radius 1 is 1.43 bits per heavy atom. The van der Waals surface area contributed by atoms with Crippen molar-refractivity contribution in [2.45, 2.75) is 23.2 Å². The third kappa shape index (κ3) is 4.69. The van der Waals surface area contributed by atoms with Crippen LogP contribution < -0.4 is 10.6 Å². The van der Waals surface area contributed by atoms with Crippen molar-refractivity contribution in [2.75, 3.05) is 16.4 Å². The Morgan fingerprint density at radius 2 is 2.29 bits per heavy atom. The summed E-state index contributed by atoms with van der Waals surface area (Å²) in [6.45, 7) is 0. The summed E-state index contributed by atoms with van der Waals surface area (Å²) in [6, 6.07) is 8.09. The normalized spacial score (nSPS) is 14.0. The van der Waals surface area contributed by atoms with E-state index < -0.39 is 0 Å². The van der Waals surface area contributed by atoms with Gasteiger partial charge >= 0.3 is 0 Å². The van der Waals surface area contributed by atoms with Gasteiger partial charge < -0.3 is 10.6 Å². The molecule has 1 fully saturated rings.